The van der Waals surface area contributed by atoms with Crippen molar-refractivity contribution in [1.29, 1.82) is 0 Å². The van der Waals surface area contributed by atoms with Crippen LogP contribution in [0.1, 0.15) is 29.2 Å². The van der Waals surface area contributed by atoms with E-state index in [1.54, 1.807) is 12.1 Å². The fourth-order valence-corrected chi connectivity index (χ4v) is 3.02. The quantitative estimate of drug-likeness (QED) is 0.871. The zero-order chi connectivity index (χ0) is 13.2. The summed E-state index contributed by atoms with van der Waals surface area (Å²) in [6, 6.07) is 15.1. The summed E-state index contributed by atoms with van der Waals surface area (Å²) in [6.45, 7) is 0. The molecule has 0 spiro atoms. The Bertz CT molecular complexity index is 579. The molecule has 2 heteroatoms. The molecule has 0 radical (unpaired) electrons. The Morgan fingerprint density at radius 3 is 2.63 bits per heavy atom. The fourth-order valence-electron chi connectivity index (χ4n) is 3.02. The normalized spacial score (nSPS) is 19.8. The molecule has 19 heavy (non-hydrogen) atoms. The molecular weight excluding hydrogens is 237 g/mol. The molecule has 0 aliphatic heterocycles. The summed E-state index contributed by atoms with van der Waals surface area (Å²) in [4.78, 5) is 0. The Morgan fingerprint density at radius 2 is 1.84 bits per heavy atom. The van der Waals surface area contributed by atoms with Crippen LogP contribution in [0.2, 0.25) is 0 Å². The summed E-state index contributed by atoms with van der Waals surface area (Å²) < 4.78 is 13.3. The van der Waals surface area contributed by atoms with Gasteiger partial charge in [0, 0.05) is 6.04 Å². The first kappa shape index (κ1) is 12.4. The molecule has 2 unspecified atom stereocenters. The first-order valence-corrected chi connectivity index (χ1v) is 6.82. The van der Waals surface area contributed by atoms with E-state index in [4.69, 9.17) is 5.73 Å². The Balaban J connectivity index is 1.81. The van der Waals surface area contributed by atoms with Crippen LogP contribution in [-0.4, -0.2) is 0 Å². The maximum Gasteiger partial charge on any atom is 0.123 e. The molecule has 0 amide bonds. The molecule has 0 saturated heterocycles. The molecule has 3 rings (SSSR count). The lowest BCUT2D eigenvalue weighted by atomic mass is 9.78. The van der Waals surface area contributed by atoms with E-state index in [9.17, 15) is 4.39 Å². The molecule has 1 nitrogen and oxygen atoms in total. The van der Waals surface area contributed by atoms with E-state index >= 15 is 0 Å². The Labute approximate surface area is 113 Å². The van der Waals surface area contributed by atoms with E-state index in [-0.39, 0.29) is 11.9 Å². The first-order chi connectivity index (χ1) is 9.24. The number of nitrogens with two attached hydrogens (primary N) is 1. The van der Waals surface area contributed by atoms with Crippen molar-refractivity contribution in [2.45, 2.75) is 25.3 Å². The molecule has 98 valence electrons. The lowest BCUT2D eigenvalue weighted by Crippen LogP contribution is -2.27. The van der Waals surface area contributed by atoms with Crippen molar-refractivity contribution in [2.75, 3.05) is 0 Å². The number of halogens is 1. The third-order valence-electron chi connectivity index (χ3n) is 4.13. The second-order valence-corrected chi connectivity index (χ2v) is 5.35. The predicted octanol–water partition coefficient (Wildman–Crippen LogP) is 3.63. The SMILES string of the molecule is NC(c1cccc(F)c1)C1CCc2ccccc2C1. The van der Waals surface area contributed by atoms with Gasteiger partial charge in [0.05, 0.1) is 0 Å². The van der Waals surface area contributed by atoms with Gasteiger partial charge in [-0.2, -0.15) is 0 Å². The maximum absolute atomic E-state index is 13.3. The molecule has 0 fully saturated rings. The van der Waals surface area contributed by atoms with Gasteiger partial charge in [-0.15, -0.1) is 0 Å². The highest BCUT2D eigenvalue weighted by molar-refractivity contribution is 5.31. The van der Waals surface area contributed by atoms with E-state index in [1.165, 1.54) is 17.2 Å². The van der Waals surface area contributed by atoms with Gasteiger partial charge in [0.15, 0.2) is 0 Å². The van der Waals surface area contributed by atoms with Crippen molar-refractivity contribution >= 4 is 0 Å². The topological polar surface area (TPSA) is 26.0 Å². The van der Waals surface area contributed by atoms with Gasteiger partial charge in [-0.05, 0) is 54.0 Å². The van der Waals surface area contributed by atoms with Gasteiger partial charge in [0.2, 0.25) is 0 Å². The van der Waals surface area contributed by atoms with Gasteiger partial charge < -0.3 is 5.73 Å². The molecule has 2 atom stereocenters. The molecule has 2 N–H and O–H groups in total. The maximum atomic E-state index is 13.3. The standard InChI is InChI=1S/C17H18FN/c18-16-7-3-6-14(11-16)17(19)15-9-8-12-4-1-2-5-13(12)10-15/h1-7,11,15,17H,8-10,19H2. The van der Waals surface area contributed by atoms with Crippen LogP contribution in [0.5, 0.6) is 0 Å². The third-order valence-corrected chi connectivity index (χ3v) is 4.13. The second kappa shape index (κ2) is 5.14. The van der Waals surface area contributed by atoms with Gasteiger partial charge in [0.1, 0.15) is 5.82 Å². The summed E-state index contributed by atoms with van der Waals surface area (Å²) in [6.07, 6.45) is 3.15. The van der Waals surface area contributed by atoms with Gasteiger partial charge in [-0.25, -0.2) is 4.39 Å². The highest BCUT2D eigenvalue weighted by atomic mass is 19.1. The predicted molar refractivity (Wildman–Crippen MR) is 75.3 cm³/mol. The Morgan fingerprint density at radius 1 is 1.05 bits per heavy atom. The van der Waals surface area contributed by atoms with E-state index in [0.29, 0.717) is 5.92 Å². The van der Waals surface area contributed by atoms with Crippen LogP contribution >= 0.6 is 0 Å². The van der Waals surface area contributed by atoms with E-state index in [0.717, 1.165) is 24.8 Å². The van der Waals surface area contributed by atoms with Crippen LogP contribution in [0.3, 0.4) is 0 Å². The van der Waals surface area contributed by atoms with Crippen LogP contribution in [0.15, 0.2) is 48.5 Å². The van der Waals surface area contributed by atoms with Crippen molar-refractivity contribution in [3.8, 4) is 0 Å². The fraction of sp³-hybridized carbons (Fsp3) is 0.294. The van der Waals surface area contributed by atoms with Crippen molar-refractivity contribution in [2.24, 2.45) is 11.7 Å². The average molecular weight is 255 g/mol. The zero-order valence-corrected chi connectivity index (χ0v) is 10.9. The number of fused-ring (bicyclic) bond motifs is 1. The first-order valence-electron chi connectivity index (χ1n) is 6.82. The monoisotopic (exact) mass is 255 g/mol. The third kappa shape index (κ3) is 2.54. The average Bonchev–Trinajstić information content (AvgIpc) is 2.46. The second-order valence-electron chi connectivity index (χ2n) is 5.35. The van der Waals surface area contributed by atoms with E-state index in [2.05, 4.69) is 24.3 Å². The highest BCUT2D eigenvalue weighted by Gasteiger charge is 2.24. The minimum atomic E-state index is -0.204. The van der Waals surface area contributed by atoms with Crippen molar-refractivity contribution in [1.82, 2.24) is 0 Å². The van der Waals surface area contributed by atoms with Gasteiger partial charge in [0.25, 0.3) is 0 Å². The lowest BCUT2D eigenvalue weighted by Gasteiger charge is -2.29. The number of benzene rings is 2. The van der Waals surface area contributed by atoms with Crippen molar-refractivity contribution in [3.63, 3.8) is 0 Å². The summed E-state index contributed by atoms with van der Waals surface area (Å²) in [5.74, 6) is 0.195. The molecular formula is C17H18FN. The zero-order valence-electron chi connectivity index (χ0n) is 10.9. The lowest BCUT2D eigenvalue weighted by molar-refractivity contribution is 0.381. The molecule has 0 aromatic heterocycles. The summed E-state index contributed by atoms with van der Waals surface area (Å²) in [7, 11) is 0. The minimum Gasteiger partial charge on any atom is -0.324 e. The highest BCUT2D eigenvalue weighted by Crippen LogP contribution is 2.32. The summed E-state index contributed by atoms with van der Waals surface area (Å²) >= 11 is 0. The molecule has 2 aromatic carbocycles. The molecule has 1 aliphatic rings. The molecule has 0 bridgehead atoms. The molecule has 0 saturated carbocycles. The minimum absolute atomic E-state index is 0.0796. The number of aryl methyl sites for hydroxylation is 1. The van der Waals surface area contributed by atoms with Crippen molar-refractivity contribution in [3.05, 3.63) is 71.0 Å². The summed E-state index contributed by atoms with van der Waals surface area (Å²) in [5, 5.41) is 0. The largest absolute Gasteiger partial charge is 0.324 e. The van der Waals surface area contributed by atoms with Crippen LogP contribution < -0.4 is 5.73 Å². The Kier molecular flexibility index (Phi) is 3.34. The van der Waals surface area contributed by atoms with Crippen LogP contribution in [-0.2, 0) is 12.8 Å². The van der Waals surface area contributed by atoms with Gasteiger partial charge in [-0.3, -0.25) is 0 Å². The van der Waals surface area contributed by atoms with Gasteiger partial charge >= 0.3 is 0 Å². The van der Waals surface area contributed by atoms with E-state index in [1.807, 2.05) is 6.07 Å². The van der Waals surface area contributed by atoms with Crippen LogP contribution in [0.4, 0.5) is 4.39 Å². The van der Waals surface area contributed by atoms with Crippen LogP contribution in [0.25, 0.3) is 0 Å². The van der Waals surface area contributed by atoms with Crippen molar-refractivity contribution < 1.29 is 4.39 Å². The van der Waals surface area contributed by atoms with Crippen LogP contribution in [0, 0.1) is 11.7 Å². The van der Waals surface area contributed by atoms with Gasteiger partial charge in [-0.1, -0.05) is 36.4 Å². The number of hydrogen-bond donors (Lipinski definition) is 1. The number of rotatable bonds is 2. The molecule has 0 heterocycles. The molecule has 2 aromatic rings. The molecule has 1 aliphatic carbocycles. The smallest absolute Gasteiger partial charge is 0.123 e. The van der Waals surface area contributed by atoms with E-state index < -0.39 is 0 Å². The summed E-state index contributed by atoms with van der Waals surface area (Å²) in [5.41, 5.74) is 10.1. The number of hydrogen-bond acceptors (Lipinski definition) is 1. The Hall–Kier alpha value is -1.67.